The maximum absolute atomic E-state index is 12.0. The SMILES string of the molecule is CC(C)CC[C@@H](O)[C@@H](C)C1CCC2C3CCC4=CC(=O)CC[C@]4(C)C3CC[C@@]21C. The first-order chi connectivity index (χ1) is 13.7. The predicted octanol–water partition coefficient (Wildman–Crippen LogP) is 6.57. The summed E-state index contributed by atoms with van der Waals surface area (Å²) in [6, 6.07) is 0. The molecule has 2 nitrogen and oxygen atoms in total. The van der Waals surface area contributed by atoms with E-state index < -0.39 is 0 Å². The minimum absolute atomic E-state index is 0.140. The van der Waals surface area contributed by atoms with E-state index in [0.717, 1.165) is 49.9 Å². The van der Waals surface area contributed by atoms with E-state index in [2.05, 4.69) is 34.6 Å². The molecule has 0 bridgehead atoms. The summed E-state index contributed by atoms with van der Waals surface area (Å²) in [4.78, 5) is 12.0. The monoisotopic (exact) mass is 400 g/mol. The van der Waals surface area contributed by atoms with E-state index in [-0.39, 0.29) is 11.5 Å². The number of aliphatic hydroxyl groups is 1. The van der Waals surface area contributed by atoms with Gasteiger partial charge < -0.3 is 5.11 Å². The third-order valence-corrected chi connectivity index (χ3v) is 10.3. The molecule has 0 aliphatic heterocycles. The van der Waals surface area contributed by atoms with E-state index in [0.29, 0.717) is 29.0 Å². The zero-order valence-electron chi connectivity index (χ0n) is 19.5. The number of fused-ring (bicyclic) bond motifs is 5. The lowest BCUT2D eigenvalue weighted by atomic mass is 9.46. The highest BCUT2D eigenvalue weighted by Gasteiger charge is 2.59. The van der Waals surface area contributed by atoms with Crippen LogP contribution in [-0.4, -0.2) is 17.0 Å². The van der Waals surface area contributed by atoms with Crippen LogP contribution in [0.1, 0.15) is 98.8 Å². The van der Waals surface area contributed by atoms with Gasteiger partial charge in [-0.15, -0.1) is 0 Å². The summed E-state index contributed by atoms with van der Waals surface area (Å²) >= 11 is 0. The molecule has 0 aromatic carbocycles. The fourth-order valence-electron chi connectivity index (χ4n) is 8.50. The van der Waals surface area contributed by atoms with Crippen molar-refractivity contribution in [1.82, 2.24) is 0 Å². The first kappa shape index (κ1) is 21.6. The third-order valence-electron chi connectivity index (χ3n) is 10.3. The molecule has 0 spiro atoms. The molecule has 0 saturated heterocycles. The largest absolute Gasteiger partial charge is 0.393 e. The van der Waals surface area contributed by atoms with E-state index >= 15 is 0 Å². The first-order valence-corrected chi connectivity index (χ1v) is 12.6. The second-order valence-electron chi connectivity index (χ2n) is 12.1. The zero-order valence-corrected chi connectivity index (χ0v) is 19.5. The summed E-state index contributed by atoms with van der Waals surface area (Å²) in [6.45, 7) is 11.9. The lowest BCUT2D eigenvalue weighted by Crippen LogP contribution is -2.51. The van der Waals surface area contributed by atoms with Crippen LogP contribution in [0, 0.1) is 46.3 Å². The normalized spacial score (nSPS) is 44.0. The molecule has 2 heteroatoms. The van der Waals surface area contributed by atoms with Crippen LogP contribution in [-0.2, 0) is 4.79 Å². The van der Waals surface area contributed by atoms with Crippen LogP contribution in [0.25, 0.3) is 0 Å². The molecule has 0 aromatic rings. The molecule has 29 heavy (non-hydrogen) atoms. The van der Waals surface area contributed by atoms with Crippen molar-refractivity contribution in [2.75, 3.05) is 0 Å². The van der Waals surface area contributed by atoms with Crippen molar-refractivity contribution in [3.63, 3.8) is 0 Å². The molecule has 8 atom stereocenters. The molecule has 4 aliphatic carbocycles. The summed E-state index contributed by atoms with van der Waals surface area (Å²) < 4.78 is 0. The van der Waals surface area contributed by atoms with Gasteiger partial charge in [-0.3, -0.25) is 4.79 Å². The number of hydrogen-bond donors (Lipinski definition) is 1. The second-order valence-corrected chi connectivity index (χ2v) is 12.1. The Balaban J connectivity index is 1.52. The Labute approximate surface area is 178 Å². The van der Waals surface area contributed by atoms with Crippen molar-refractivity contribution in [1.29, 1.82) is 0 Å². The highest BCUT2D eigenvalue weighted by atomic mass is 16.3. The van der Waals surface area contributed by atoms with Gasteiger partial charge in [0.15, 0.2) is 5.78 Å². The average molecular weight is 401 g/mol. The maximum atomic E-state index is 12.0. The van der Waals surface area contributed by atoms with E-state index in [4.69, 9.17) is 0 Å². The van der Waals surface area contributed by atoms with E-state index in [1.54, 1.807) is 0 Å². The lowest BCUT2D eigenvalue weighted by molar-refractivity contribution is -0.117. The van der Waals surface area contributed by atoms with Gasteiger partial charge in [0.05, 0.1) is 6.10 Å². The van der Waals surface area contributed by atoms with Crippen molar-refractivity contribution < 1.29 is 9.90 Å². The third kappa shape index (κ3) is 3.56. The summed E-state index contributed by atoms with van der Waals surface area (Å²) in [5.41, 5.74) is 2.16. The zero-order chi connectivity index (χ0) is 21.0. The van der Waals surface area contributed by atoms with Gasteiger partial charge in [-0.25, -0.2) is 0 Å². The summed E-state index contributed by atoms with van der Waals surface area (Å²) in [5, 5.41) is 10.9. The summed E-state index contributed by atoms with van der Waals surface area (Å²) in [7, 11) is 0. The lowest BCUT2D eigenvalue weighted by Gasteiger charge is -2.58. The van der Waals surface area contributed by atoms with Crippen molar-refractivity contribution in [2.45, 2.75) is 105 Å². The van der Waals surface area contributed by atoms with Crippen LogP contribution < -0.4 is 0 Å². The van der Waals surface area contributed by atoms with Crippen molar-refractivity contribution in [2.24, 2.45) is 46.3 Å². The summed E-state index contributed by atoms with van der Waals surface area (Å²) in [6.07, 6.45) is 13.6. The molecule has 0 aromatic heterocycles. The van der Waals surface area contributed by atoms with Gasteiger partial charge in [-0.1, -0.05) is 40.2 Å². The minimum Gasteiger partial charge on any atom is -0.393 e. The number of carbonyl (C=O) groups excluding carboxylic acids is 1. The van der Waals surface area contributed by atoms with Crippen LogP contribution in [0.15, 0.2) is 11.6 Å². The van der Waals surface area contributed by atoms with Gasteiger partial charge in [-0.05, 0) is 110 Å². The molecular formula is C27H44O2. The first-order valence-electron chi connectivity index (χ1n) is 12.6. The number of allylic oxidation sites excluding steroid dienone is 1. The Hall–Kier alpha value is -0.630. The number of aliphatic hydroxyl groups excluding tert-OH is 1. The number of rotatable bonds is 5. The Morgan fingerprint density at radius 2 is 1.76 bits per heavy atom. The molecule has 0 radical (unpaired) electrons. The Morgan fingerprint density at radius 3 is 2.48 bits per heavy atom. The van der Waals surface area contributed by atoms with Gasteiger partial charge in [0.1, 0.15) is 0 Å². The van der Waals surface area contributed by atoms with Crippen molar-refractivity contribution >= 4 is 5.78 Å². The number of carbonyl (C=O) groups is 1. The van der Waals surface area contributed by atoms with E-state index in [1.807, 2.05) is 6.08 Å². The van der Waals surface area contributed by atoms with Gasteiger partial charge in [0, 0.05) is 6.42 Å². The van der Waals surface area contributed by atoms with E-state index in [1.165, 1.54) is 37.7 Å². The quantitative estimate of drug-likeness (QED) is 0.567. The van der Waals surface area contributed by atoms with Gasteiger partial charge >= 0.3 is 0 Å². The van der Waals surface area contributed by atoms with Crippen molar-refractivity contribution in [3.05, 3.63) is 11.6 Å². The standard InChI is InChI=1S/C27H44O2/c1-17(2)6-11-25(29)18(3)22-9-10-23-21-8-7-19-16-20(28)12-14-26(19,4)24(21)13-15-27(22,23)5/h16-18,21-25,29H,6-15H2,1-5H3/t18-,21?,22?,23?,24?,25+,26-,27+/m0/s1. The topological polar surface area (TPSA) is 37.3 Å². The average Bonchev–Trinajstić information content (AvgIpc) is 3.03. The van der Waals surface area contributed by atoms with E-state index in [9.17, 15) is 9.90 Å². The van der Waals surface area contributed by atoms with Gasteiger partial charge in [-0.2, -0.15) is 0 Å². The van der Waals surface area contributed by atoms with Crippen LogP contribution in [0.5, 0.6) is 0 Å². The minimum atomic E-state index is -0.140. The molecule has 3 fully saturated rings. The highest BCUT2D eigenvalue weighted by Crippen LogP contribution is 2.67. The molecule has 0 heterocycles. The molecule has 164 valence electrons. The highest BCUT2D eigenvalue weighted by molar-refractivity contribution is 5.91. The molecule has 4 unspecified atom stereocenters. The summed E-state index contributed by atoms with van der Waals surface area (Å²) in [5.74, 6) is 4.55. The van der Waals surface area contributed by atoms with Gasteiger partial charge in [0.25, 0.3) is 0 Å². The smallest absolute Gasteiger partial charge is 0.155 e. The van der Waals surface area contributed by atoms with Crippen LogP contribution >= 0.6 is 0 Å². The maximum Gasteiger partial charge on any atom is 0.155 e. The number of ketones is 1. The van der Waals surface area contributed by atoms with Crippen LogP contribution in [0.2, 0.25) is 0 Å². The molecule has 0 amide bonds. The van der Waals surface area contributed by atoms with Crippen LogP contribution in [0.4, 0.5) is 0 Å². The molecule has 4 rings (SSSR count). The molecule has 3 saturated carbocycles. The number of hydrogen-bond acceptors (Lipinski definition) is 2. The molecule has 1 N–H and O–H groups in total. The molecule has 4 aliphatic rings. The Kier molecular flexibility index (Phi) is 5.82. The predicted molar refractivity (Wildman–Crippen MR) is 119 cm³/mol. The Morgan fingerprint density at radius 1 is 1.00 bits per heavy atom. The molecular weight excluding hydrogens is 356 g/mol. The second kappa shape index (κ2) is 7.81. The Bertz CT molecular complexity index is 663. The van der Waals surface area contributed by atoms with Crippen molar-refractivity contribution in [3.8, 4) is 0 Å². The van der Waals surface area contributed by atoms with Gasteiger partial charge in [0.2, 0.25) is 0 Å². The van der Waals surface area contributed by atoms with Crippen LogP contribution in [0.3, 0.4) is 0 Å². The fraction of sp³-hybridized carbons (Fsp3) is 0.889. The fourth-order valence-corrected chi connectivity index (χ4v) is 8.50.